The Labute approximate surface area is 128 Å². The van der Waals surface area contributed by atoms with Crippen molar-refractivity contribution in [3.8, 4) is 0 Å². The number of nitrogens with one attached hydrogen (secondary N) is 1. The minimum absolute atomic E-state index is 0.0700. The number of hydrogen-bond acceptors (Lipinski definition) is 7. The molecule has 8 heteroatoms. The summed E-state index contributed by atoms with van der Waals surface area (Å²) in [5.74, 6) is 3.71. The molecule has 0 unspecified atom stereocenters. The largest absolute Gasteiger partial charge is 0.380 e. The van der Waals surface area contributed by atoms with Crippen LogP contribution in [0, 0.1) is 6.92 Å². The Hall–Kier alpha value is -1.80. The fourth-order valence-electron chi connectivity index (χ4n) is 3.01. The summed E-state index contributed by atoms with van der Waals surface area (Å²) in [4.78, 5) is 11.2. The average molecular weight is 304 g/mol. The molecule has 2 fully saturated rings. The number of aryl methyl sites for hydroxylation is 1. The molecule has 1 aliphatic heterocycles. The fourth-order valence-corrected chi connectivity index (χ4v) is 3.01. The topological polar surface area (TPSA) is 93.0 Å². The number of nitrogens with zero attached hydrogens (tertiary/aromatic N) is 5. The number of aromatic amines is 1. The SMILES string of the molecule is CO[C@H]1C[C@H](c2nc(C)no2)N(Cc2nc(C3CC3)n[nH]2)C1. The minimum Gasteiger partial charge on any atom is -0.380 e. The van der Waals surface area contributed by atoms with E-state index in [4.69, 9.17) is 9.26 Å². The van der Waals surface area contributed by atoms with E-state index in [9.17, 15) is 0 Å². The lowest BCUT2D eigenvalue weighted by Crippen LogP contribution is -2.25. The van der Waals surface area contributed by atoms with Crippen molar-refractivity contribution >= 4 is 0 Å². The fraction of sp³-hybridized carbons (Fsp3) is 0.714. The molecule has 22 heavy (non-hydrogen) atoms. The van der Waals surface area contributed by atoms with Gasteiger partial charge in [-0.15, -0.1) is 0 Å². The Morgan fingerprint density at radius 1 is 1.36 bits per heavy atom. The molecule has 1 aliphatic carbocycles. The molecule has 2 aromatic heterocycles. The van der Waals surface area contributed by atoms with Crippen molar-refractivity contribution in [1.29, 1.82) is 0 Å². The first-order valence-electron chi connectivity index (χ1n) is 7.71. The van der Waals surface area contributed by atoms with Crippen molar-refractivity contribution in [3.63, 3.8) is 0 Å². The van der Waals surface area contributed by atoms with Gasteiger partial charge < -0.3 is 9.26 Å². The summed E-state index contributed by atoms with van der Waals surface area (Å²) >= 11 is 0. The van der Waals surface area contributed by atoms with Gasteiger partial charge in [-0.25, -0.2) is 4.98 Å². The summed E-state index contributed by atoms with van der Waals surface area (Å²) in [6.45, 7) is 3.34. The summed E-state index contributed by atoms with van der Waals surface area (Å²) in [6, 6.07) is 0.0700. The molecule has 2 aromatic rings. The molecule has 0 aromatic carbocycles. The van der Waals surface area contributed by atoms with Crippen molar-refractivity contribution in [2.75, 3.05) is 13.7 Å². The minimum atomic E-state index is 0.0700. The van der Waals surface area contributed by atoms with Gasteiger partial charge in [-0.05, 0) is 26.2 Å². The van der Waals surface area contributed by atoms with E-state index in [-0.39, 0.29) is 12.1 Å². The van der Waals surface area contributed by atoms with Crippen molar-refractivity contribution in [1.82, 2.24) is 30.2 Å². The first kappa shape index (κ1) is 13.8. The molecule has 8 nitrogen and oxygen atoms in total. The lowest BCUT2D eigenvalue weighted by atomic mass is 10.2. The van der Waals surface area contributed by atoms with Crippen molar-refractivity contribution in [2.45, 2.75) is 50.8 Å². The molecule has 0 amide bonds. The van der Waals surface area contributed by atoms with Crippen molar-refractivity contribution < 1.29 is 9.26 Å². The Balaban J connectivity index is 1.51. The molecule has 1 N–H and O–H groups in total. The summed E-state index contributed by atoms with van der Waals surface area (Å²) in [7, 11) is 1.74. The predicted molar refractivity (Wildman–Crippen MR) is 76.0 cm³/mol. The zero-order valence-electron chi connectivity index (χ0n) is 12.8. The van der Waals surface area contributed by atoms with Crippen LogP contribution in [0.25, 0.3) is 0 Å². The van der Waals surface area contributed by atoms with Gasteiger partial charge in [0.05, 0.1) is 18.7 Å². The molecule has 4 rings (SSSR count). The summed E-state index contributed by atoms with van der Waals surface area (Å²) in [6.07, 6.45) is 3.43. The second-order valence-corrected chi connectivity index (χ2v) is 6.13. The van der Waals surface area contributed by atoms with E-state index in [0.29, 0.717) is 24.2 Å². The highest BCUT2D eigenvalue weighted by atomic mass is 16.5. The van der Waals surface area contributed by atoms with Crippen LogP contribution in [0.3, 0.4) is 0 Å². The summed E-state index contributed by atoms with van der Waals surface area (Å²) < 4.78 is 10.9. The second-order valence-electron chi connectivity index (χ2n) is 6.13. The molecule has 2 aliphatic rings. The van der Waals surface area contributed by atoms with E-state index in [1.165, 1.54) is 12.8 Å². The molecular formula is C14H20N6O2. The first-order valence-corrected chi connectivity index (χ1v) is 7.71. The maximum Gasteiger partial charge on any atom is 0.244 e. The highest BCUT2D eigenvalue weighted by molar-refractivity contribution is 5.06. The van der Waals surface area contributed by atoms with E-state index in [1.807, 2.05) is 6.92 Å². The lowest BCUT2D eigenvalue weighted by Gasteiger charge is -2.19. The van der Waals surface area contributed by atoms with Gasteiger partial charge in [-0.3, -0.25) is 10.00 Å². The number of rotatable bonds is 5. The smallest absolute Gasteiger partial charge is 0.244 e. The van der Waals surface area contributed by atoms with Gasteiger partial charge in [-0.1, -0.05) is 5.16 Å². The van der Waals surface area contributed by atoms with Crippen LogP contribution < -0.4 is 0 Å². The Bertz CT molecular complexity index is 649. The first-order chi connectivity index (χ1) is 10.7. The normalized spacial score (nSPS) is 25.9. The summed E-state index contributed by atoms with van der Waals surface area (Å²) in [5, 5.41) is 11.3. The number of methoxy groups -OCH3 is 1. The van der Waals surface area contributed by atoms with E-state index in [2.05, 4.69) is 30.2 Å². The van der Waals surface area contributed by atoms with Crippen LogP contribution in [0.1, 0.15) is 54.6 Å². The zero-order chi connectivity index (χ0) is 15.1. The Morgan fingerprint density at radius 2 is 2.23 bits per heavy atom. The number of ether oxygens (including phenoxy) is 1. The van der Waals surface area contributed by atoms with Crippen LogP contribution in [-0.4, -0.2) is 50.0 Å². The Kier molecular flexibility index (Phi) is 3.42. The van der Waals surface area contributed by atoms with E-state index in [1.54, 1.807) is 7.11 Å². The van der Waals surface area contributed by atoms with Crippen LogP contribution in [0.15, 0.2) is 4.52 Å². The van der Waals surface area contributed by atoms with Crippen molar-refractivity contribution in [2.24, 2.45) is 0 Å². The number of hydrogen-bond donors (Lipinski definition) is 1. The number of H-pyrrole nitrogens is 1. The molecule has 2 atom stereocenters. The molecule has 3 heterocycles. The molecule has 1 saturated heterocycles. The van der Waals surface area contributed by atoms with Gasteiger partial charge in [0, 0.05) is 19.6 Å². The third-order valence-electron chi connectivity index (χ3n) is 4.37. The second kappa shape index (κ2) is 5.44. The maximum atomic E-state index is 5.51. The quantitative estimate of drug-likeness (QED) is 0.890. The van der Waals surface area contributed by atoms with Gasteiger partial charge in [0.2, 0.25) is 5.89 Å². The molecule has 0 spiro atoms. The monoisotopic (exact) mass is 304 g/mol. The van der Waals surface area contributed by atoms with E-state index < -0.39 is 0 Å². The van der Waals surface area contributed by atoms with Crippen LogP contribution >= 0.6 is 0 Å². The van der Waals surface area contributed by atoms with E-state index in [0.717, 1.165) is 24.6 Å². The van der Waals surface area contributed by atoms with Crippen LogP contribution in [0.4, 0.5) is 0 Å². The standard InChI is InChI=1S/C14H20N6O2/c1-8-15-14(22-19-8)11-5-10(21-2)6-20(11)7-12-16-13(18-17-12)9-3-4-9/h9-11H,3-7H2,1-2H3,(H,16,17,18)/t10-,11+/m0/s1. The predicted octanol–water partition coefficient (Wildman–Crippen LogP) is 1.34. The van der Waals surface area contributed by atoms with Crippen LogP contribution in [-0.2, 0) is 11.3 Å². The third kappa shape index (κ3) is 2.64. The summed E-state index contributed by atoms with van der Waals surface area (Å²) in [5.41, 5.74) is 0. The molecule has 118 valence electrons. The number of likely N-dealkylation sites (tertiary alicyclic amines) is 1. The molecule has 0 bridgehead atoms. The molecule has 0 radical (unpaired) electrons. The van der Waals surface area contributed by atoms with Gasteiger partial charge in [-0.2, -0.15) is 10.1 Å². The van der Waals surface area contributed by atoms with Gasteiger partial charge in [0.15, 0.2) is 11.6 Å². The van der Waals surface area contributed by atoms with Gasteiger partial charge in [0.1, 0.15) is 5.82 Å². The zero-order valence-corrected chi connectivity index (χ0v) is 12.8. The molecule has 1 saturated carbocycles. The number of aromatic nitrogens is 5. The highest BCUT2D eigenvalue weighted by Gasteiger charge is 2.37. The Morgan fingerprint density at radius 3 is 2.91 bits per heavy atom. The van der Waals surface area contributed by atoms with Gasteiger partial charge in [0.25, 0.3) is 0 Å². The van der Waals surface area contributed by atoms with E-state index >= 15 is 0 Å². The molecular weight excluding hydrogens is 284 g/mol. The highest BCUT2D eigenvalue weighted by Crippen LogP contribution is 2.38. The van der Waals surface area contributed by atoms with Crippen molar-refractivity contribution in [3.05, 3.63) is 23.4 Å². The van der Waals surface area contributed by atoms with Gasteiger partial charge >= 0.3 is 0 Å². The van der Waals surface area contributed by atoms with Crippen LogP contribution in [0.2, 0.25) is 0 Å². The maximum absolute atomic E-state index is 5.51. The third-order valence-corrected chi connectivity index (χ3v) is 4.37. The average Bonchev–Trinajstić information content (AvgIpc) is 2.94. The van der Waals surface area contributed by atoms with Crippen LogP contribution in [0.5, 0.6) is 0 Å². The lowest BCUT2D eigenvalue weighted by molar-refractivity contribution is 0.107.